The maximum Gasteiger partial charge on any atom is 0.329 e. The molecule has 0 spiro atoms. The highest BCUT2D eigenvalue weighted by Crippen LogP contribution is 2.43. The number of methoxy groups -OCH3 is 3. The molecular weight excluding hydrogens is 931 g/mol. The second kappa shape index (κ2) is 27.0. The molecule has 0 aromatic heterocycles. The van der Waals surface area contributed by atoms with Crippen LogP contribution in [-0.4, -0.2) is 126 Å². The van der Waals surface area contributed by atoms with Crippen molar-refractivity contribution in [2.24, 2.45) is 35.5 Å². The summed E-state index contributed by atoms with van der Waals surface area (Å²) in [5.41, 5.74) is 4.34. The lowest BCUT2D eigenvalue weighted by Crippen LogP contribution is -2.60. The van der Waals surface area contributed by atoms with Gasteiger partial charge < -0.3 is 43.9 Å². The number of esters is 1. The molecule has 1 unspecified atom stereocenters. The monoisotopic (exact) mass is 1020 g/mol. The van der Waals surface area contributed by atoms with E-state index in [1.165, 1.54) is 12.0 Å². The lowest BCUT2D eigenvalue weighted by Gasteiger charge is -2.43. The van der Waals surface area contributed by atoms with Gasteiger partial charge in [0.1, 0.15) is 35.9 Å². The van der Waals surface area contributed by atoms with Crippen LogP contribution in [0.15, 0.2) is 59.7 Å². The summed E-state index contributed by atoms with van der Waals surface area (Å²) in [4.78, 5) is 73.0. The molecule has 73 heavy (non-hydrogen) atoms. The minimum atomic E-state index is -2.47. The van der Waals surface area contributed by atoms with Gasteiger partial charge in [0, 0.05) is 56.4 Å². The Morgan fingerprint density at radius 1 is 0.836 bits per heavy atom. The number of cyclic esters (lactones) is 1. The largest absolute Gasteiger partial charge is 0.496 e. The Bertz CT molecular complexity index is 2210. The van der Waals surface area contributed by atoms with Crippen LogP contribution in [-0.2, 0) is 42.9 Å². The van der Waals surface area contributed by atoms with Crippen molar-refractivity contribution in [2.45, 2.75) is 194 Å². The Balaban J connectivity index is 1.54. The fraction of sp³-hybridized carbons (Fsp3) is 0.678. The van der Waals surface area contributed by atoms with Crippen LogP contribution in [0.2, 0.25) is 0 Å². The Morgan fingerprint density at radius 3 is 2.25 bits per heavy atom. The fourth-order valence-electron chi connectivity index (χ4n) is 11.8. The number of hydrogen-bond donors (Lipinski definition) is 3. The van der Waals surface area contributed by atoms with Crippen LogP contribution in [0, 0.1) is 49.4 Å². The van der Waals surface area contributed by atoms with Gasteiger partial charge in [-0.1, -0.05) is 82.7 Å². The second-order valence-corrected chi connectivity index (χ2v) is 22.1. The number of ketones is 3. The maximum atomic E-state index is 14.6. The molecule has 14 heteroatoms. The van der Waals surface area contributed by atoms with Crippen molar-refractivity contribution in [3.05, 3.63) is 76.4 Å². The minimum Gasteiger partial charge on any atom is -0.496 e. The quantitative estimate of drug-likeness (QED) is 0.134. The molecule has 1 aliphatic carbocycles. The van der Waals surface area contributed by atoms with Gasteiger partial charge in [0.15, 0.2) is 5.78 Å². The number of benzene rings is 1. The molecule has 2 saturated heterocycles. The summed E-state index contributed by atoms with van der Waals surface area (Å²) in [6.45, 7) is 16.9. The molecule has 1 amide bonds. The number of nitrogens with zero attached hydrogens (tertiary/aromatic N) is 1. The topological polar surface area (TPSA) is 195 Å². The summed E-state index contributed by atoms with van der Waals surface area (Å²) >= 11 is 0. The highest BCUT2D eigenvalue weighted by molar-refractivity contribution is 6.39. The van der Waals surface area contributed by atoms with Crippen LogP contribution >= 0.6 is 0 Å². The highest BCUT2D eigenvalue weighted by atomic mass is 16.6. The third kappa shape index (κ3) is 15.0. The molecule has 406 valence electrons. The summed E-state index contributed by atoms with van der Waals surface area (Å²) < 4.78 is 29.9. The number of rotatable bonds is 7. The maximum absolute atomic E-state index is 14.6. The molecule has 2 bridgehead atoms. The van der Waals surface area contributed by atoms with E-state index in [9.17, 15) is 39.3 Å². The molecule has 3 N–H and O–H groups in total. The summed E-state index contributed by atoms with van der Waals surface area (Å²) in [7, 11) is 4.59. The van der Waals surface area contributed by atoms with E-state index in [1.807, 2.05) is 78.0 Å². The van der Waals surface area contributed by atoms with Gasteiger partial charge in [0.25, 0.3) is 11.7 Å². The van der Waals surface area contributed by atoms with Crippen molar-refractivity contribution in [1.82, 2.24) is 4.90 Å². The molecular formula is C59H87NO13. The van der Waals surface area contributed by atoms with Gasteiger partial charge in [-0.15, -0.1) is 0 Å². The third-order valence-electron chi connectivity index (χ3n) is 16.3. The van der Waals surface area contributed by atoms with Crippen molar-refractivity contribution in [3.8, 4) is 5.75 Å². The molecule has 14 nitrogen and oxygen atoms in total. The number of aryl methyl sites for hydroxylation is 2. The normalized spacial score (nSPS) is 37.2. The van der Waals surface area contributed by atoms with E-state index >= 15 is 0 Å². The number of amides is 1. The molecule has 3 aliphatic heterocycles. The summed E-state index contributed by atoms with van der Waals surface area (Å²) in [6, 6.07) is 2.92. The Morgan fingerprint density at radius 2 is 1.56 bits per heavy atom. The molecule has 15 atom stereocenters. The van der Waals surface area contributed by atoms with Crippen molar-refractivity contribution < 1.29 is 63.0 Å². The smallest absolute Gasteiger partial charge is 0.329 e. The molecule has 4 aliphatic rings. The van der Waals surface area contributed by atoms with Gasteiger partial charge in [-0.05, 0) is 139 Å². The Hall–Kier alpha value is -4.31. The summed E-state index contributed by atoms with van der Waals surface area (Å²) in [6.07, 6.45) is 11.7. The first-order chi connectivity index (χ1) is 34.5. The fourth-order valence-corrected chi connectivity index (χ4v) is 11.8. The van der Waals surface area contributed by atoms with Crippen LogP contribution in [0.5, 0.6) is 5.75 Å². The SMILES string of the molecule is COc1cc(C)cc(C)c1C1C[C@@H]2CC[C@@H](C)[C@@](O)(O2)C(=O)C(=O)N2CCCC[C@H]2C(=O)O[C@H]([C@H](C)C[C@@H]2CC[C@@H](O)[C@H](OC)C2)CC(=O)[C@H](C)/C=C(\C)[C@@H](O)[C@@H](OC)C(=O)[C@H](C)C[C@H](C)/C=C/C=C/C=C/1C. The van der Waals surface area contributed by atoms with Crippen LogP contribution in [0.25, 0.3) is 0 Å². The lowest BCUT2D eigenvalue weighted by atomic mass is 9.78. The highest BCUT2D eigenvalue weighted by Gasteiger charge is 2.53. The van der Waals surface area contributed by atoms with Crippen LogP contribution in [0.3, 0.4) is 0 Å². The van der Waals surface area contributed by atoms with Gasteiger partial charge in [-0.25, -0.2) is 4.79 Å². The van der Waals surface area contributed by atoms with E-state index in [0.29, 0.717) is 69.1 Å². The first kappa shape index (κ1) is 59.6. The number of hydrogen-bond acceptors (Lipinski definition) is 13. The van der Waals surface area contributed by atoms with Crippen molar-refractivity contribution >= 4 is 29.2 Å². The predicted molar refractivity (Wildman–Crippen MR) is 280 cm³/mol. The van der Waals surface area contributed by atoms with E-state index in [-0.39, 0.29) is 60.7 Å². The molecule has 1 aromatic rings. The summed E-state index contributed by atoms with van der Waals surface area (Å²) in [5.74, 6) is -7.69. The average Bonchev–Trinajstić information content (AvgIpc) is 3.35. The third-order valence-corrected chi connectivity index (χ3v) is 16.3. The van der Waals surface area contributed by atoms with Crippen LogP contribution < -0.4 is 4.74 Å². The van der Waals surface area contributed by atoms with Crippen molar-refractivity contribution in [1.29, 1.82) is 0 Å². The molecule has 5 rings (SSSR count). The molecule has 3 heterocycles. The lowest BCUT2D eigenvalue weighted by molar-refractivity contribution is -0.264. The average molecular weight is 1020 g/mol. The van der Waals surface area contributed by atoms with Crippen LogP contribution in [0.4, 0.5) is 0 Å². The number of carbonyl (C=O) groups is 5. The van der Waals surface area contributed by atoms with Crippen LogP contribution in [0.1, 0.15) is 148 Å². The Kier molecular flexibility index (Phi) is 22.0. The number of aliphatic hydroxyl groups is 3. The number of carbonyl (C=O) groups excluding carboxylic acids is 5. The van der Waals surface area contributed by atoms with Crippen molar-refractivity contribution in [2.75, 3.05) is 27.9 Å². The Labute approximate surface area is 435 Å². The zero-order chi connectivity index (χ0) is 53.9. The van der Waals surface area contributed by atoms with Gasteiger partial charge in [0.05, 0.1) is 25.4 Å². The number of allylic oxidation sites excluding steroid dienone is 7. The van der Waals surface area contributed by atoms with Gasteiger partial charge in [-0.3, -0.25) is 19.2 Å². The molecule has 0 radical (unpaired) electrons. The summed E-state index contributed by atoms with van der Waals surface area (Å²) in [5, 5.41) is 34.4. The number of piperidine rings is 1. The van der Waals surface area contributed by atoms with E-state index in [1.54, 1.807) is 41.1 Å². The number of Topliss-reactive ketones (excluding diaryl/α,β-unsaturated/α-hetero) is 3. The molecule has 3 fully saturated rings. The van der Waals surface area contributed by atoms with E-state index in [4.69, 9.17) is 23.7 Å². The first-order valence-corrected chi connectivity index (χ1v) is 26.8. The predicted octanol–water partition coefficient (Wildman–Crippen LogP) is 8.57. The number of ether oxygens (including phenoxy) is 5. The van der Waals surface area contributed by atoms with Gasteiger partial charge in [0.2, 0.25) is 5.79 Å². The number of fused-ring (bicyclic) bond motifs is 3. The van der Waals surface area contributed by atoms with Gasteiger partial charge >= 0.3 is 5.97 Å². The first-order valence-electron chi connectivity index (χ1n) is 26.8. The van der Waals surface area contributed by atoms with E-state index < -0.39 is 77.8 Å². The standard InChI is InChI=1S/C59H87NO13/c1-34-18-14-13-15-19-36(3)45(52-39(6)27-35(2)28-51(52)70-11)32-44-23-21-42(9)59(68,73-44)56(65)57(66)60-25-17-16-20-46(60)58(67)72-49(38(5)30-43-22-24-47(61)50(31-43)69-10)33-48(62)37(4)29-41(8)54(64)55(71-12)53(63)40(7)26-34/h13-15,18-19,27-29,34,37-38,40,42-47,49-50,54-55,61,64,68H,16-17,20-26,30-33H2,1-12H3/b15-13+,18-14+,36-19+,41-29+/t34-,37-,38-,40-,42-,43+,44+,45?,46+,47-,49+,50-,54-,55+,59-/m1/s1. The molecule has 1 aromatic carbocycles. The van der Waals surface area contributed by atoms with E-state index in [0.717, 1.165) is 28.7 Å². The molecule has 1 saturated carbocycles. The number of aliphatic hydroxyl groups excluding tert-OH is 2. The minimum absolute atomic E-state index is 0.00338. The van der Waals surface area contributed by atoms with E-state index in [2.05, 4.69) is 6.07 Å². The van der Waals surface area contributed by atoms with Gasteiger partial charge in [-0.2, -0.15) is 0 Å². The zero-order valence-electron chi connectivity index (χ0n) is 45.8. The second-order valence-electron chi connectivity index (χ2n) is 22.1. The van der Waals surface area contributed by atoms with Crippen molar-refractivity contribution in [3.63, 3.8) is 0 Å². The zero-order valence-corrected chi connectivity index (χ0v) is 45.8.